The third kappa shape index (κ3) is 9.36. The number of rotatable bonds is 9. The van der Waals surface area contributed by atoms with Crippen molar-refractivity contribution in [1.82, 2.24) is 15.5 Å². The van der Waals surface area contributed by atoms with Crippen LogP contribution in [0, 0.1) is 5.82 Å². The Morgan fingerprint density at radius 2 is 1.50 bits per heavy atom. The number of hydrogen-bond donors (Lipinski definition) is 2. The summed E-state index contributed by atoms with van der Waals surface area (Å²) in [4.78, 5) is 6.36. The van der Waals surface area contributed by atoms with E-state index < -0.39 is 0 Å². The lowest BCUT2D eigenvalue weighted by molar-refractivity contribution is 0.281. The molecule has 0 saturated heterocycles. The fourth-order valence-corrected chi connectivity index (χ4v) is 2.47. The van der Waals surface area contributed by atoms with Gasteiger partial charge in [0.05, 0.1) is 6.61 Å². The summed E-state index contributed by atoms with van der Waals surface area (Å²) in [5.74, 6) is 1.35. The fourth-order valence-electron chi connectivity index (χ4n) is 2.47. The summed E-state index contributed by atoms with van der Waals surface area (Å²) in [7, 11) is 5.85. The number of nitrogens with zero attached hydrogens (tertiary/aromatic N) is 2. The molecule has 5 nitrogen and oxygen atoms in total. The highest BCUT2D eigenvalue weighted by molar-refractivity contribution is 14.0. The third-order valence-electron chi connectivity index (χ3n) is 4.00. The van der Waals surface area contributed by atoms with Gasteiger partial charge in [-0.25, -0.2) is 4.39 Å². The zero-order valence-electron chi connectivity index (χ0n) is 16.7. The van der Waals surface area contributed by atoms with Crippen LogP contribution in [0.5, 0.6) is 5.75 Å². The van der Waals surface area contributed by atoms with Crippen molar-refractivity contribution in [2.45, 2.75) is 19.5 Å². The van der Waals surface area contributed by atoms with E-state index in [1.807, 2.05) is 24.3 Å². The minimum absolute atomic E-state index is 0. The van der Waals surface area contributed by atoms with Crippen LogP contribution in [-0.4, -0.2) is 45.2 Å². The molecule has 2 rings (SSSR count). The number of guanidine groups is 1. The van der Waals surface area contributed by atoms with Gasteiger partial charge in [0.1, 0.15) is 11.6 Å². The first-order valence-electron chi connectivity index (χ1n) is 9.12. The quantitative estimate of drug-likeness (QED) is 0.239. The van der Waals surface area contributed by atoms with Gasteiger partial charge >= 0.3 is 0 Å². The smallest absolute Gasteiger partial charge is 0.191 e. The Morgan fingerprint density at radius 1 is 0.964 bits per heavy atom. The number of nitrogens with one attached hydrogen (secondary N) is 2. The fraction of sp³-hybridized carbons (Fsp3) is 0.381. The molecule has 0 aromatic heterocycles. The predicted molar refractivity (Wildman–Crippen MR) is 124 cm³/mol. The van der Waals surface area contributed by atoms with Crippen LogP contribution in [0.15, 0.2) is 53.5 Å². The Labute approximate surface area is 184 Å². The van der Waals surface area contributed by atoms with Crippen LogP contribution in [0.25, 0.3) is 0 Å². The second-order valence-corrected chi connectivity index (χ2v) is 6.56. The van der Waals surface area contributed by atoms with Gasteiger partial charge in [-0.3, -0.25) is 4.99 Å². The molecule has 0 aliphatic rings. The molecular weight excluding hydrogens is 470 g/mol. The normalized spacial score (nSPS) is 11.1. The predicted octanol–water partition coefficient (Wildman–Crippen LogP) is 3.64. The van der Waals surface area contributed by atoms with Crippen LogP contribution in [-0.2, 0) is 13.1 Å². The molecule has 0 bridgehead atoms. The van der Waals surface area contributed by atoms with E-state index >= 15 is 0 Å². The van der Waals surface area contributed by atoms with Crippen molar-refractivity contribution in [3.63, 3.8) is 0 Å². The van der Waals surface area contributed by atoms with E-state index in [1.165, 1.54) is 12.1 Å². The van der Waals surface area contributed by atoms with E-state index in [9.17, 15) is 4.39 Å². The number of halogens is 2. The Bertz CT molecular complexity index is 705. The maximum absolute atomic E-state index is 12.9. The van der Waals surface area contributed by atoms with Crippen LogP contribution < -0.4 is 15.4 Å². The topological polar surface area (TPSA) is 48.9 Å². The summed E-state index contributed by atoms with van der Waals surface area (Å²) in [6.07, 6.45) is 1.01. The molecule has 0 aliphatic carbocycles. The molecule has 0 heterocycles. The second kappa shape index (κ2) is 13.3. The van der Waals surface area contributed by atoms with Crippen LogP contribution in [0.3, 0.4) is 0 Å². The minimum Gasteiger partial charge on any atom is -0.494 e. The van der Waals surface area contributed by atoms with Gasteiger partial charge in [-0.1, -0.05) is 24.3 Å². The van der Waals surface area contributed by atoms with Crippen molar-refractivity contribution in [3.8, 4) is 5.75 Å². The molecule has 0 saturated carbocycles. The van der Waals surface area contributed by atoms with Gasteiger partial charge in [-0.05, 0) is 55.9 Å². The van der Waals surface area contributed by atoms with E-state index in [4.69, 9.17) is 4.74 Å². The summed E-state index contributed by atoms with van der Waals surface area (Å²) in [5.41, 5.74) is 2.13. The average molecular weight is 500 g/mol. The highest BCUT2D eigenvalue weighted by Gasteiger charge is 2.01. The van der Waals surface area contributed by atoms with Gasteiger partial charge in [-0.2, -0.15) is 0 Å². The number of benzene rings is 2. The second-order valence-electron chi connectivity index (χ2n) is 6.56. The standard InChI is InChI=1S/C21H29FN4O.HI/c1-23-21(24-15-17-5-9-19(22)10-6-17)25-16-18-7-11-20(12-8-18)27-14-4-13-26(2)3;/h5-12H,4,13-16H2,1-3H3,(H2,23,24,25);1H. The summed E-state index contributed by atoms with van der Waals surface area (Å²) in [6.45, 7) is 2.98. The van der Waals surface area contributed by atoms with Crippen LogP contribution in [0.1, 0.15) is 17.5 Å². The first-order chi connectivity index (χ1) is 13.1. The molecule has 154 valence electrons. The molecule has 2 N–H and O–H groups in total. The van der Waals surface area contributed by atoms with E-state index in [2.05, 4.69) is 34.6 Å². The molecule has 0 spiro atoms. The number of hydrogen-bond acceptors (Lipinski definition) is 3. The van der Waals surface area contributed by atoms with E-state index in [-0.39, 0.29) is 29.8 Å². The van der Waals surface area contributed by atoms with Gasteiger partial charge in [0, 0.05) is 26.7 Å². The molecule has 2 aromatic carbocycles. The van der Waals surface area contributed by atoms with Crippen LogP contribution in [0.4, 0.5) is 4.39 Å². The van der Waals surface area contributed by atoms with Crippen molar-refractivity contribution in [2.24, 2.45) is 4.99 Å². The van der Waals surface area contributed by atoms with Gasteiger partial charge in [0.25, 0.3) is 0 Å². The lowest BCUT2D eigenvalue weighted by Gasteiger charge is -2.13. The van der Waals surface area contributed by atoms with E-state index in [0.717, 1.165) is 36.4 Å². The van der Waals surface area contributed by atoms with Crippen molar-refractivity contribution >= 4 is 29.9 Å². The molecule has 0 fully saturated rings. The lowest BCUT2D eigenvalue weighted by atomic mass is 10.2. The molecule has 7 heteroatoms. The average Bonchev–Trinajstić information content (AvgIpc) is 2.67. The summed E-state index contributed by atoms with van der Waals surface area (Å²) < 4.78 is 18.7. The number of ether oxygens (including phenoxy) is 1. The van der Waals surface area contributed by atoms with Gasteiger partial charge < -0.3 is 20.3 Å². The molecule has 28 heavy (non-hydrogen) atoms. The summed E-state index contributed by atoms with van der Waals surface area (Å²) in [6, 6.07) is 14.5. The minimum atomic E-state index is -0.230. The van der Waals surface area contributed by atoms with Crippen molar-refractivity contribution < 1.29 is 9.13 Å². The molecule has 0 amide bonds. The highest BCUT2D eigenvalue weighted by Crippen LogP contribution is 2.12. The summed E-state index contributed by atoms with van der Waals surface area (Å²) >= 11 is 0. The third-order valence-corrected chi connectivity index (χ3v) is 4.00. The Morgan fingerprint density at radius 3 is 2.00 bits per heavy atom. The first kappa shape index (κ1) is 24.2. The van der Waals surface area contributed by atoms with E-state index in [0.29, 0.717) is 19.0 Å². The Kier molecular flexibility index (Phi) is 11.5. The van der Waals surface area contributed by atoms with Crippen LogP contribution >= 0.6 is 24.0 Å². The van der Waals surface area contributed by atoms with Gasteiger partial charge in [0.15, 0.2) is 5.96 Å². The maximum Gasteiger partial charge on any atom is 0.191 e. The zero-order chi connectivity index (χ0) is 19.5. The Hall–Kier alpha value is -1.87. The molecule has 0 radical (unpaired) electrons. The molecule has 0 atom stereocenters. The van der Waals surface area contributed by atoms with Gasteiger partial charge in [0.2, 0.25) is 0 Å². The van der Waals surface area contributed by atoms with Crippen molar-refractivity contribution in [2.75, 3.05) is 34.3 Å². The van der Waals surface area contributed by atoms with E-state index in [1.54, 1.807) is 19.2 Å². The monoisotopic (exact) mass is 500 g/mol. The maximum atomic E-state index is 12.9. The van der Waals surface area contributed by atoms with Crippen molar-refractivity contribution in [3.05, 3.63) is 65.5 Å². The van der Waals surface area contributed by atoms with Crippen molar-refractivity contribution in [1.29, 1.82) is 0 Å². The summed E-state index contributed by atoms with van der Waals surface area (Å²) in [5, 5.41) is 6.49. The SMILES string of the molecule is CN=C(NCc1ccc(F)cc1)NCc1ccc(OCCCN(C)C)cc1.I. The molecule has 0 aliphatic heterocycles. The zero-order valence-corrected chi connectivity index (χ0v) is 19.1. The highest BCUT2D eigenvalue weighted by atomic mass is 127. The number of aliphatic imine (C=N–C) groups is 1. The van der Waals surface area contributed by atoms with Gasteiger partial charge in [-0.15, -0.1) is 24.0 Å². The lowest BCUT2D eigenvalue weighted by Crippen LogP contribution is -2.36. The van der Waals surface area contributed by atoms with Crippen LogP contribution in [0.2, 0.25) is 0 Å². The Balaban J connectivity index is 0.00000392. The largest absolute Gasteiger partial charge is 0.494 e. The molecule has 2 aromatic rings. The molecule has 0 unspecified atom stereocenters. The molecular formula is C21H30FIN4O. The first-order valence-corrected chi connectivity index (χ1v) is 9.12.